The Labute approximate surface area is 447 Å². The second-order valence-electron chi connectivity index (χ2n) is 27.0. The molecule has 16 heteroatoms. The van der Waals surface area contributed by atoms with Gasteiger partial charge in [0.15, 0.2) is 0 Å². The van der Waals surface area contributed by atoms with Crippen molar-refractivity contribution in [3.63, 3.8) is 0 Å². The van der Waals surface area contributed by atoms with Gasteiger partial charge >= 0.3 is 12.1 Å². The van der Waals surface area contributed by atoms with Gasteiger partial charge in [-0.25, -0.2) is 23.5 Å². The average molecular weight is 1070 g/mol. The van der Waals surface area contributed by atoms with Crippen LogP contribution in [0, 0.1) is 17.6 Å². The molecule has 1 unspecified atom stereocenters. The summed E-state index contributed by atoms with van der Waals surface area (Å²) in [5.41, 5.74) is 3.96. The molecule has 410 valence electrons. The molecule has 3 aliphatic rings. The van der Waals surface area contributed by atoms with Crippen LogP contribution in [0.3, 0.4) is 0 Å². The molecule has 0 spiro atoms. The normalized spacial score (nSPS) is 21.1. The number of carbonyl (C=O) groups is 2. The molecule has 3 fully saturated rings. The first-order valence-electron chi connectivity index (χ1n) is 27.6. The number of amides is 1. The summed E-state index contributed by atoms with van der Waals surface area (Å²) in [6.45, 7) is 33.7. The number of nitrogens with zero attached hydrogens (tertiary/aromatic N) is 6. The van der Waals surface area contributed by atoms with Crippen molar-refractivity contribution < 1.29 is 37.3 Å². The van der Waals surface area contributed by atoms with E-state index in [0.717, 1.165) is 42.6 Å². The molecule has 2 aromatic heterocycles. The molecule has 1 aliphatic carbocycles. The van der Waals surface area contributed by atoms with E-state index in [1.807, 2.05) is 62.8 Å². The molecular weight excluding hydrogens is 983 g/mol. The van der Waals surface area contributed by atoms with Gasteiger partial charge < -0.3 is 33.0 Å². The standard InChI is InChI=1S/C59H86F2N6O6Si2/c1-57(2,3)38-21-23-39(24-22-38)67-48(42-32-46-51(34-44(42)60)65(36-70-28-30-74(10,11)12)53(62-46)40-18-16-19-41(40)55(68)72-58(4,5)6)25-26-49(67)43-33-47-52(35-45(43)61)66(37-71-29-31-75(13,14)15)54(63-47)50-20-17-27-64(50)56(69)73-59(7,8)9/h21-24,32-35,40-41,48-50H,16-20,25-31,36-37H2,1-15H3/t40-,41?,48-,49-,50+/m1/s1. The van der Waals surface area contributed by atoms with Crippen molar-refractivity contribution in [1.82, 2.24) is 24.0 Å². The lowest BCUT2D eigenvalue weighted by atomic mass is 9.87. The highest BCUT2D eigenvalue weighted by Gasteiger charge is 2.43. The predicted octanol–water partition coefficient (Wildman–Crippen LogP) is 15.0. The molecule has 0 radical (unpaired) electrons. The summed E-state index contributed by atoms with van der Waals surface area (Å²) in [6, 6.07) is 15.9. The van der Waals surface area contributed by atoms with Crippen LogP contribution in [0.25, 0.3) is 22.1 Å². The Hall–Kier alpha value is -4.65. The Morgan fingerprint density at radius 3 is 1.63 bits per heavy atom. The Morgan fingerprint density at radius 2 is 1.13 bits per heavy atom. The van der Waals surface area contributed by atoms with Crippen molar-refractivity contribution in [2.24, 2.45) is 5.92 Å². The summed E-state index contributed by atoms with van der Waals surface area (Å²) in [5.74, 6) is -0.256. The fraction of sp³-hybridized carbons (Fsp3) is 0.627. The maximum absolute atomic E-state index is 17.5. The molecule has 8 rings (SSSR count). The van der Waals surface area contributed by atoms with Crippen molar-refractivity contribution in [1.29, 1.82) is 0 Å². The van der Waals surface area contributed by atoms with Gasteiger partial charge in [0.25, 0.3) is 0 Å². The second kappa shape index (κ2) is 21.6. The van der Waals surface area contributed by atoms with E-state index in [1.165, 1.54) is 0 Å². The van der Waals surface area contributed by atoms with E-state index in [2.05, 4.69) is 89.2 Å². The summed E-state index contributed by atoms with van der Waals surface area (Å²) in [5, 5.41) is 0. The number of carbonyl (C=O) groups excluding carboxylic acids is 2. The van der Waals surface area contributed by atoms with Crippen molar-refractivity contribution in [2.75, 3.05) is 24.7 Å². The van der Waals surface area contributed by atoms with Gasteiger partial charge in [-0.05, 0) is 127 Å². The lowest BCUT2D eigenvalue weighted by molar-refractivity contribution is -0.160. The molecule has 0 N–H and O–H groups in total. The van der Waals surface area contributed by atoms with Gasteiger partial charge in [-0.1, -0.05) is 78.6 Å². The molecule has 1 saturated carbocycles. The zero-order chi connectivity index (χ0) is 54.6. The number of likely N-dealkylation sites (tertiary alicyclic amines) is 1. The van der Waals surface area contributed by atoms with E-state index in [0.29, 0.717) is 90.3 Å². The van der Waals surface area contributed by atoms with E-state index < -0.39 is 45.5 Å². The monoisotopic (exact) mass is 1070 g/mol. The van der Waals surface area contributed by atoms with Crippen LogP contribution >= 0.6 is 0 Å². The number of imidazole rings is 2. The minimum absolute atomic E-state index is 0.110. The van der Waals surface area contributed by atoms with Gasteiger partial charge in [-0.3, -0.25) is 9.69 Å². The van der Waals surface area contributed by atoms with Crippen LogP contribution in [0.1, 0.15) is 160 Å². The van der Waals surface area contributed by atoms with Crippen molar-refractivity contribution in [2.45, 2.75) is 213 Å². The molecular formula is C59H86F2N6O6Si2. The first-order valence-corrected chi connectivity index (χ1v) is 35.0. The summed E-state index contributed by atoms with van der Waals surface area (Å²) >= 11 is 0. The SMILES string of the molecule is CC(C)(C)OC(=O)C1CCC[C@H]1c1nc2cc([C@H]3CC[C@H](c4cc5nc([C@@H]6CCCN6C(=O)OC(C)(C)C)n(COCC[Si](C)(C)C)c5cc4F)N3c3ccc(C(C)(C)C)cc3)c(F)cc2n1COCC[Si](C)(C)C. The number of benzene rings is 3. The van der Waals surface area contributed by atoms with Gasteiger partial charge in [-0.2, -0.15) is 0 Å². The number of esters is 1. The summed E-state index contributed by atoms with van der Waals surface area (Å²) < 4.78 is 63.4. The largest absolute Gasteiger partial charge is 0.460 e. The van der Waals surface area contributed by atoms with Crippen LogP contribution in [0.2, 0.25) is 51.4 Å². The van der Waals surface area contributed by atoms with Gasteiger partial charge in [0.05, 0.1) is 46.1 Å². The number of fused-ring (bicyclic) bond motifs is 2. The predicted molar refractivity (Wildman–Crippen MR) is 301 cm³/mol. The van der Waals surface area contributed by atoms with E-state index in [1.54, 1.807) is 17.0 Å². The smallest absolute Gasteiger partial charge is 0.410 e. The van der Waals surface area contributed by atoms with Crippen LogP contribution < -0.4 is 4.90 Å². The zero-order valence-corrected chi connectivity index (χ0v) is 49.8. The van der Waals surface area contributed by atoms with E-state index in [9.17, 15) is 9.59 Å². The molecule has 4 heterocycles. The molecule has 2 aliphatic heterocycles. The Morgan fingerprint density at radius 1 is 0.627 bits per heavy atom. The molecule has 1 amide bonds. The Bertz CT molecular complexity index is 2690. The maximum atomic E-state index is 17.5. The summed E-state index contributed by atoms with van der Waals surface area (Å²) in [4.78, 5) is 41.9. The highest BCUT2D eigenvalue weighted by Crippen LogP contribution is 2.50. The number of ether oxygens (including phenoxy) is 4. The van der Waals surface area contributed by atoms with Gasteiger partial charge in [0, 0.05) is 70.8 Å². The minimum atomic E-state index is -1.41. The van der Waals surface area contributed by atoms with E-state index >= 15 is 8.78 Å². The lowest BCUT2D eigenvalue weighted by Crippen LogP contribution is -2.37. The molecule has 5 atom stereocenters. The molecule has 75 heavy (non-hydrogen) atoms. The number of anilines is 1. The maximum Gasteiger partial charge on any atom is 0.410 e. The fourth-order valence-electron chi connectivity index (χ4n) is 11.2. The summed E-state index contributed by atoms with van der Waals surface area (Å²) in [6.07, 6.45) is 4.43. The van der Waals surface area contributed by atoms with Crippen molar-refractivity contribution in [3.8, 4) is 0 Å². The number of rotatable bonds is 16. The van der Waals surface area contributed by atoms with Crippen LogP contribution in [0.15, 0.2) is 48.5 Å². The van der Waals surface area contributed by atoms with Crippen molar-refractivity contribution in [3.05, 3.63) is 88.5 Å². The van der Waals surface area contributed by atoms with Gasteiger partial charge in [-0.15, -0.1) is 0 Å². The third kappa shape index (κ3) is 13.2. The topological polar surface area (TPSA) is 113 Å². The third-order valence-electron chi connectivity index (χ3n) is 15.1. The first kappa shape index (κ1) is 56.6. The van der Waals surface area contributed by atoms with E-state index in [-0.39, 0.29) is 54.4 Å². The minimum Gasteiger partial charge on any atom is -0.460 e. The third-order valence-corrected chi connectivity index (χ3v) is 18.5. The van der Waals surface area contributed by atoms with Crippen molar-refractivity contribution >= 4 is 56.0 Å². The number of hydrogen-bond acceptors (Lipinski definition) is 9. The second-order valence-corrected chi connectivity index (χ2v) is 38.3. The highest BCUT2D eigenvalue weighted by molar-refractivity contribution is 6.76. The molecule has 2 saturated heterocycles. The van der Waals surface area contributed by atoms with E-state index in [4.69, 9.17) is 28.9 Å². The molecule has 5 aromatic rings. The highest BCUT2D eigenvalue weighted by atomic mass is 28.3. The van der Waals surface area contributed by atoms with Gasteiger partial charge in [0.2, 0.25) is 0 Å². The quantitative estimate of drug-likeness (QED) is 0.0541. The number of hydrogen-bond donors (Lipinski definition) is 0. The zero-order valence-electron chi connectivity index (χ0n) is 47.8. The summed E-state index contributed by atoms with van der Waals surface area (Å²) in [7, 11) is -2.82. The van der Waals surface area contributed by atoms with Crippen LogP contribution in [0.4, 0.5) is 19.3 Å². The average Bonchev–Trinajstić information content (AvgIpc) is 4.14. The Balaban J connectivity index is 1.21. The molecule has 12 nitrogen and oxygen atoms in total. The Kier molecular flexibility index (Phi) is 16.3. The lowest BCUT2D eigenvalue weighted by Gasteiger charge is -2.34. The number of aromatic nitrogens is 4. The van der Waals surface area contributed by atoms with Crippen LogP contribution in [-0.2, 0) is 42.6 Å². The molecule has 0 bridgehead atoms. The fourth-order valence-corrected chi connectivity index (χ4v) is 12.7. The van der Waals surface area contributed by atoms with Crippen LogP contribution in [0.5, 0.6) is 0 Å². The van der Waals surface area contributed by atoms with Gasteiger partial charge in [0.1, 0.15) is 47.9 Å². The molecule has 3 aromatic carbocycles. The van der Waals surface area contributed by atoms with Crippen LogP contribution in [-0.4, -0.2) is 83.2 Å². The first-order chi connectivity index (χ1) is 35.0. The number of halogens is 2.